The highest BCUT2D eigenvalue weighted by molar-refractivity contribution is 5.93. The van der Waals surface area contributed by atoms with E-state index in [1.807, 2.05) is 72.8 Å². The molecule has 0 bridgehead atoms. The third-order valence-corrected chi connectivity index (χ3v) is 4.40. The van der Waals surface area contributed by atoms with Crippen LogP contribution in [0, 0.1) is 0 Å². The number of hydrogen-bond donors (Lipinski definition) is 1. The van der Waals surface area contributed by atoms with E-state index >= 15 is 0 Å². The zero-order valence-corrected chi connectivity index (χ0v) is 15.9. The van der Waals surface area contributed by atoms with Gasteiger partial charge in [0.15, 0.2) is 0 Å². The number of ether oxygens (including phenoxy) is 1. The molecule has 0 unspecified atom stereocenters. The minimum absolute atomic E-state index is 0.159. The first kappa shape index (κ1) is 19.4. The number of carbonyl (C=O) groups is 2. The molecule has 3 aromatic rings. The van der Waals surface area contributed by atoms with Gasteiger partial charge in [0.25, 0.3) is 0 Å². The van der Waals surface area contributed by atoms with Crippen molar-refractivity contribution < 1.29 is 14.3 Å². The van der Waals surface area contributed by atoms with Crippen molar-refractivity contribution in [2.45, 2.75) is 19.9 Å². The van der Waals surface area contributed by atoms with Crippen LogP contribution in [-0.2, 0) is 16.1 Å². The maximum absolute atomic E-state index is 12.9. The van der Waals surface area contributed by atoms with Crippen LogP contribution in [0.3, 0.4) is 0 Å². The highest BCUT2D eigenvalue weighted by atomic mass is 16.5. The van der Waals surface area contributed by atoms with Crippen LogP contribution in [-0.4, -0.2) is 30.1 Å². The molecule has 0 heterocycles. The molecule has 0 saturated heterocycles. The topological polar surface area (TPSA) is 58.6 Å². The summed E-state index contributed by atoms with van der Waals surface area (Å²) in [5.74, 6) is -0.306. The number of hydrogen-bond acceptors (Lipinski definition) is 3. The van der Waals surface area contributed by atoms with Crippen LogP contribution in [0.4, 0.5) is 10.5 Å². The Hall–Kier alpha value is -3.34. The Morgan fingerprint density at radius 3 is 2.39 bits per heavy atom. The average Bonchev–Trinajstić information content (AvgIpc) is 2.72. The Balaban J connectivity index is 1.72. The fourth-order valence-corrected chi connectivity index (χ4v) is 2.99. The SMILES string of the molecule is CCOC(=O)CCN(Cc1ccccc1)C(=O)Nc1ccc2ccccc2c1. The molecule has 28 heavy (non-hydrogen) atoms. The van der Waals surface area contributed by atoms with Gasteiger partial charge in [-0.2, -0.15) is 0 Å². The third kappa shape index (κ3) is 5.33. The Labute approximate surface area is 164 Å². The lowest BCUT2D eigenvalue weighted by Gasteiger charge is -2.23. The molecule has 0 radical (unpaired) electrons. The van der Waals surface area contributed by atoms with Gasteiger partial charge in [-0.1, -0.05) is 60.7 Å². The van der Waals surface area contributed by atoms with Gasteiger partial charge >= 0.3 is 12.0 Å². The molecule has 1 N–H and O–H groups in total. The zero-order valence-electron chi connectivity index (χ0n) is 15.9. The Morgan fingerprint density at radius 2 is 1.64 bits per heavy atom. The molecular formula is C23H24N2O3. The van der Waals surface area contributed by atoms with Crippen molar-refractivity contribution in [1.82, 2.24) is 4.90 Å². The number of anilines is 1. The number of benzene rings is 3. The van der Waals surface area contributed by atoms with Crippen LogP contribution < -0.4 is 5.32 Å². The van der Waals surface area contributed by atoms with Gasteiger partial charge in [0.05, 0.1) is 13.0 Å². The van der Waals surface area contributed by atoms with Crippen molar-refractivity contribution in [3.63, 3.8) is 0 Å². The molecule has 5 nitrogen and oxygen atoms in total. The Morgan fingerprint density at radius 1 is 0.929 bits per heavy atom. The first-order valence-electron chi connectivity index (χ1n) is 9.40. The summed E-state index contributed by atoms with van der Waals surface area (Å²) in [7, 11) is 0. The van der Waals surface area contributed by atoms with E-state index in [9.17, 15) is 9.59 Å². The lowest BCUT2D eigenvalue weighted by Crippen LogP contribution is -2.36. The van der Waals surface area contributed by atoms with Crippen LogP contribution in [0.5, 0.6) is 0 Å². The monoisotopic (exact) mass is 376 g/mol. The predicted octanol–water partition coefficient (Wildman–Crippen LogP) is 4.83. The molecule has 0 fully saturated rings. The van der Waals surface area contributed by atoms with Gasteiger partial charge in [-0.3, -0.25) is 4.79 Å². The van der Waals surface area contributed by atoms with E-state index in [4.69, 9.17) is 4.74 Å². The van der Waals surface area contributed by atoms with Gasteiger partial charge in [0.1, 0.15) is 0 Å². The Kier molecular flexibility index (Phi) is 6.63. The van der Waals surface area contributed by atoms with Gasteiger partial charge in [-0.25, -0.2) is 4.79 Å². The average molecular weight is 376 g/mol. The summed E-state index contributed by atoms with van der Waals surface area (Å²) < 4.78 is 4.99. The number of carbonyl (C=O) groups excluding carboxylic acids is 2. The van der Waals surface area contributed by atoms with E-state index in [2.05, 4.69) is 5.32 Å². The second-order valence-electron chi connectivity index (χ2n) is 6.45. The second-order valence-corrected chi connectivity index (χ2v) is 6.45. The molecule has 3 aromatic carbocycles. The molecule has 144 valence electrons. The fraction of sp³-hybridized carbons (Fsp3) is 0.217. The molecule has 0 aliphatic carbocycles. The molecule has 0 spiro atoms. The standard InChI is InChI=1S/C23H24N2O3/c1-2-28-22(26)14-15-25(17-18-8-4-3-5-9-18)23(27)24-21-13-12-19-10-6-7-11-20(19)16-21/h3-13,16H,2,14-15,17H2,1H3,(H,24,27). The zero-order chi connectivity index (χ0) is 19.8. The van der Waals surface area contributed by atoms with Crippen LogP contribution in [0.2, 0.25) is 0 Å². The minimum atomic E-state index is -0.306. The molecule has 3 rings (SSSR count). The summed E-state index contributed by atoms with van der Waals surface area (Å²) in [4.78, 5) is 26.3. The van der Waals surface area contributed by atoms with E-state index in [1.54, 1.807) is 11.8 Å². The number of nitrogens with one attached hydrogen (secondary N) is 1. The highest BCUT2D eigenvalue weighted by Gasteiger charge is 2.16. The van der Waals surface area contributed by atoms with Crippen molar-refractivity contribution in [2.24, 2.45) is 0 Å². The summed E-state index contributed by atoms with van der Waals surface area (Å²) in [5.41, 5.74) is 1.72. The van der Waals surface area contributed by atoms with Gasteiger partial charge < -0.3 is 15.0 Å². The fourth-order valence-electron chi connectivity index (χ4n) is 2.99. The van der Waals surface area contributed by atoms with Gasteiger partial charge in [-0.05, 0) is 35.4 Å². The molecular weight excluding hydrogens is 352 g/mol. The molecule has 5 heteroatoms. The molecule has 0 aliphatic rings. The quantitative estimate of drug-likeness (QED) is 0.601. The molecule has 0 aromatic heterocycles. The molecule has 0 aliphatic heterocycles. The van der Waals surface area contributed by atoms with Crippen molar-refractivity contribution in [3.05, 3.63) is 78.4 Å². The van der Waals surface area contributed by atoms with E-state index in [0.29, 0.717) is 13.2 Å². The summed E-state index contributed by atoms with van der Waals surface area (Å²) in [6.07, 6.45) is 0.159. The lowest BCUT2D eigenvalue weighted by atomic mass is 10.1. The maximum Gasteiger partial charge on any atom is 0.322 e. The number of amides is 2. The normalized spacial score (nSPS) is 10.5. The summed E-state index contributed by atoms with van der Waals surface area (Å²) in [6, 6.07) is 23.3. The number of esters is 1. The second kappa shape index (κ2) is 9.55. The van der Waals surface area contributed by atoms with Gasteiger partial charge in [0.2, 0.25) is 0 Å². The summed E-state index contributed by atoms with van der Waals surface area (Å²) in [5, 5.41) is 5.12. The predicted molar refractivity (Wildman–Crippen MR) is 111 cm³/mol. The van der Waals surface area contributed by atoms with Crippen molar-refractivity contribution in [3.8, 4) is 0 Å². The van der Waals surface area contributed by atoms with Crippen molar-refractivity contribution >= 4 is 28.5 Å². The first-order chi connectivity index (χ1) is 13.7. The molecule has 0 atom stereocenters. The van der Waals surface area contributed by atoms with Gasteiger partial charge in [-0.15, -0.1) is 0 Å². The first-order valence-corrected chi connectivity index (χ1v) is 9.40. The van der Waals surface area contributed by atoms with E-state index in [0.717, 1.165) is 22.0 Å². The number of nitrogens with zero attached hydrogens (tertiary/aromatic N) is 1. The van der Waals surface area contributed by atoms with Crippen molar-refractivity contribution in [1.29, 1.82) is 0 Å². The van der Waals surface area contributed by atoms with E-state index in [1.165, 1.54) is 0 Å². The smallest absolute Gasteiger partial charge is 0.322 e. The third-order valence-electron chi connectivity index (χ3n) is 4.40. The Bertz CT molecular complexity index is 941. The van der Waals surface area contributed by atoms with Crippen LogP contribution in [0.25, 0.3) is 10.8 Å². The van der Waals surface area contributed by atoms with Crippen molar-refractivity contribution in [2.75, 3.05) is 18.5 Å². The van der Waals surface area contributed by atoms with Crippen LogP contribution in [0.15, 0.2) is 72.8 Å². The summed E-state index contributed by atoms with van der Waals surface area (Å²) in [6.45, 7) is 2.81. The van der Waals surface area contributed by atoms with Gasteiger partial charge in [0, 0.05) is 18.8 Å². The van der Waals surface area contributed by atoms with E-state index < -0.39 is 0 Å². The molecule has 2 amide bonds. The van der Waals surface area contributed by atoms with Crippen LogP contribution in [0.1, 0.15) is 18.9 Å². The van der Waals surface area contributed by atoms with E-state index in [-0.39, 0.29) is 25.0 Å². The molecule has 0 saturated carbocycles. The highest BCUT2D eigenvalue weighted by Crippen LogP contribution is 2.19. The number of rotatable bonds is 7. The maximum atomic E-state index is 12.9. The summed E-state index contributed by atoms with van der Waals surface area (Å²) >= 11 is 0. The number of urea groups is 1. The largest absolute Gasteiger partial charge is 0.466 e. The number of fused-ring (bicyclic) bond motifs is 1. The van der Waals surface area contributed by atoms with Crippen LogP contribution >= 0.6 is 0 Å². The lowest BCUT2D eigenvalue weighted by molar-refractivity contribution is -0.143. The minimum Gasteiger partial charge on any atom is -0.466 e.